The summed E-state index contributed by atoms with van der Waals surface area (Å²) in [6.07, 6.45) is 3.27. The molecule has 1 aromatic carbocycles. The van der Waals surface area contributed by atoms with Gasteiger partial charge in [-0.15, -0.1) is 11.3 Å². The van der Waals surface area contributed by atoms with Crippen molar-refractivity contribution in [1.82, 2.24) is 4.31 Å². The molecule has 1 saturated heterocycles. The van der Waals surface area contributed by atoms with Crippen LogP contribution in [0.4, 0.5) is 5.69 Å². The van der Waals surface area contributed by atoms with E-state index in [0.29, 0.717) is 13.1 Å². The lowest BCUT2D eigenvalue weighted by molar-refractivity contribution is 0.102. The molecule has 0 radical (unpaired) electrons. The summed E-state index contributed by atoms with van der Waals surface area (Å²) >= 11 is 2.92. The lowest BCUT2D eigenvalue weighted by Crippen LogP contribution is -2.38. The van der Waals surface area contributed by atoms with Crippen LogP contribution >= 0.6 is 23.1 Å². The number of nitrogens with one attached hydrogen (secondary N) is 1. The van der Waals surface area contributed by atoms with E-state index in [2.05, 4.69) is 11.4 Å². The Kier molecular flexibility index (Phi) is 5.09. The van der Waals surface area contributed by atoms with E-state index in [9.17, 15) is 13.2 Å². The molecule has 2 aliphatic rings. The molecule has 1 aliphatic heterocycles. The highest BCUT2D eigenvalue weighted by Crippen LogP contribution is 2.29. The molecule has 1 aliphatic carbocycles. The molecule has 0 spiro atoms. The second kappa shape index (κ2) is 7.34. The first-order chi connectivity index (χ1) is 12.6. The molecule has 1 amide bonds. The summed E-state index contributed by atoms with van der Waals surface area (Å²) in [6.45, 7) is 0.990. The Balaban J connectivity index is 1.57. The van der Waals surface area contributed by atoms with E-state index in [1.807, 2.05) is 12.1 Å². The van der Waals surface area contributed by atoms with Gasteiger partial charge in [0.05, 0.1) is 0 Å². The van der Waals surface area contributed by atoms with Gasteiger partial charge >= 0.3 is 0 Å². The molecule has 138 valence electrons. The third kappa shape index (κ3) is 3.43. The number of fused-ring (bicyclic) bond motifs is 1. The number of aryl methyl sites for hydroxylation is 2. The van der Waals surface area contributed by atoms with Crippen LogP contribution in [0.3, 0.4) is 0 Å². The summed E-state index contributed by atoms with van der Waals surface area (Å²) in [5.41, 5.74) is 3.33. The van der Waals surface area contributed by atoms with Gasteiger partial charge < -0.3 is 5.32 Å². The first-order valence-corrected chi connectivity index (χ1v) is 12.1. The maximum atomic E-state index is 12.9. The molecule has 0 saturated carbocycles. The molecule has 4 rings (SSSR count). The fraction of sp³-hybridized carbons (Fsp3) is 0.389. The molecule has 2 heterocycles. The van der Waals surface area contributed by atoms with Crippen molar-refractivity contribution in [3.63, 3.8) is 0 Å². The highest BCUT2D eigenvalue weighted by atomic mass is 32.2. The van der Waals surface area contributed by atoms with Crippen molar-refractivity contribution in [3.05, 3.63) is 45.6 Å². The molecular weight excluding hydrogens is 388 g/mol. The number of benzene rings is 1. The van der Waals surface area contributed by atoms with Gasteiger partial charge in [0, 0.05) is 30.3 Å². The number of hydrogen-bond donors (Lipinski definition) is 1. The predicted octanol–water partition coefficient (Wildman–Crippen LogP) is 3.23. The number of carbonyl (C=O) groups excluding carboxylic acids is 1. The van der Waals surface area contributed by atoms with E-state index >= 15 is 0 Å². The topological polar surface area (TPSA) is 66.5 Å². The average molecular weight is 409 g/mol. The largest absolute Gasteiger partial charge is 0.321 e. The maximum absolute atomic E-state index is 12.9. The van der Waals surface area contributed by atoms with Crippen molar-refractivity contribution < 1.29 is 13.2 Å². The van der Waals surface area contributed by atoms with Crippen LogP contribution in [0.25, 0.3) is 0 Å². The van der Waals surface area contributed by atoms with E-state index < -0.39 is 10.0 Å². The van der Waals surface area contributed by atoms with E-state index in [-0.39, 0.29) is 15.7 Å². The van der Waals surface area contributed by atoms with Crippen LogP contribution in [0.1, 0.15) is 27.2 Å². The molecule has 26 heavy (non-hydrogen) atoms. The summed E-state index contributed by atoms with van der Waals surface area (Å²) in [7, 11) is -3.63. The summed E-state index contributed by atoms with van der Waals surface area (Å²) < 4.78 is 27.3. The van der Waals surface area contributed by atoms with Gasteiger partial charge in [0.2, 0.25) is 10.0 Å². The lowest BCUT2D eigenvalue weighted by atomic mass is 10.1. The van der Waals surface area contributed by atoms with Crippen LogP contribution in [-0.4, -0.2) is 43.2 Å². The number of thiophene rings is 1. The van der Waals surface area contributed by atoms with E-state index in [1.165, 1.54) is 26.8 Å². The Morgan fingerprint density at radius 1 is 1.08 bits per heavy atom. The second-order valence-corrected chi connectivity index (χ2v) is 10.5. The number of hydrogen-bond acceptors (Lipinski definition) is 5. The normalized spacial score (nSPS) is 17.8. The minimum atomic E-state index is -3.63. The minimum absolute atomic E-state index is 0.119. The maximum Gasteiger partial charge on any atom is 0.267 e. The molecule has 0 bridgehead atoms. The van der Waals surface area contributed by atoms with Crippen molar-refractivity contribution in [1.29, 1.82) is 0 Å². The highest BCUT2D eigenvalue weighted by Gasteiger charge is 2.31. The van der Waals surface area contributed by atoms with Gasteiger partial charge in [0.1, 0.15) is 9.77 Å². The number of thioether (sulfide) groups is 1. The van der Waals surface area contributed by atoms with Crippen LogP contribution in [-0.2, 0) is 22.9 Å². The van der Waals surface area contributed by atoms with E-state index in [1.54, 1.807) is 23.2 Å². The average Bonchev–Trinajstić information content (AvgIpc) is 3.31. The quantitative estimate of drug-likeness (QED) is 0.844. The molecule has 1 aromatic heterocycles. The number of anilines is 1. The number of nitrogens with zero attached hydrogens (tertiary/aromatic N) is 1. The van der Waals surface area contributed by atoms with Gasteiger partial charge in [-0.1, -0.05) is 6.07 Å². The van der Waals surface area contributed by atoms with Crippen molar-refractivity contribution >= 4 is 44.7 Å². The molecule has 8 heteroatoms. The molecule has 2 aromatic rings. The second-order valence-electron chi connectivity index (χ2n) is 6.42. The zero-order valence-electron chi connectivity index (χ0n) is 14.2. The van der Waals surface area contributed by atoms with Gasteiger partial charge in [-0.25, -0.2) is 8.42 Å². The van der Waals surface area contributed by atoms with Crippen LogP contribution in [0.5, 0.6) is 0 Å². The molecule has 1 N–H and O–H groups in total. The lowest BCUT2D eigenvalue weighted by Gasteiger charge is -2.25. The smallest absolute Gasteiger partial charge is 0.267 e. The summed E-state index contributed by atoms with van der Waals surface area (Å²) in [5.74, 6) is 1.22. The number of sulfonamides is 1. The van der Waals surface area contributed by atoms with Gasteiger partial charge in [-0.05, 0) is 54.0 Å². The first-order valence-electron chi connectivity index (χ1n) is 8.64. The van der Waals surface area contributed by atoms with Gasteiger partial charge in [-0.3, -0.25) is 4.79 Å². The third-order valence-electron chi connectivity index (χ3n) is 4.78. The van der Waals surface area contributed by atoms with Crippen molar-refractivity contribution in [2.24, 2.45) is 0 Å². The number of amides is 1. The van der Waals surface area contributed by atoms with Crippen LogP contribution in [0, 0.1) is 0 Å². The molecule has 5 nitrogen and oxygen atoms in total. The van der Waals surface area contributed by atoms with Gasteiger partial charge in [-0.2, -0.15) is 16.1 Å². The summed E-state index contributed by atoms with van der Waals surface area (Å²) in [6, 6.07) is 7.49. The monoisotopic (exact) mass is 408 g/mol. The Hall–Kier alpha value is -1.35. The van der Waals surface area contributed by atoms with Gasteiger partial charge in [0.15, 0.2) is 0 Å². The van der Waals surface area contributed by atoms with Gasteiger partial charge in [0.25, 0.3) is 5.91 Å². The zero-order chi connectivity index (χ0) is 18.1. The first kappa shape index (κ1) is 18.0. The molecular formula is C18H20N2O3S3. The minimum Gasteiger partial charge on any atom is -0.321 e. The summed E-state index contributed by atoms with van der Waals surface area (Å²) in [4.78, 5) is 13.1. The Labute approximate surface area is 161 Å². The Bertz CT molecular complexity index is 931. The van der Waals surface area contributed by atoms with Crippen LogP contribution in [0.2, 0.25) is 0 Å². The SMILES string of the molecule is O=C(Nc1ccc2c(c1)CCC2)c1sccc1S(=O)(=O)N1CCSCC1. The molecule has 1 fully saturated rings. The van der Waals surface area contributed by atoms with Crippen molar-refractivity contribution in [2.75, 3.05) is 29.9 Å². The fourth-order valence-electron chi connectivity index (χ4n) is 3.43. The standard InChI is InChI=1S/C18H20N2O3S3/c21-18(19-15-5-4-13-2-1-3-14(13)12-15)17-16(6-9-25-17)26(22,23)20-7-10-24-11-8-20/h4-6,9,12H,1-3,7-8,10-11H2,(H,19,21). The fourth-order valence-corrected chi connectivity index (χ4v) is 7.30. The van der Waals surface area contributed by atoms with E-state index in [4.69, 9.17) is 0 Å². The highest BCUT2D eigenvalue weighted by molar-refractivity contribution is 7.99. The summed E-state index contributed by atoms with van der Waals surface area (Å²) in [5, 5.41) is 4.54. The van der Waals surface area contributed by atoms with Crippen molar-refractivity contribution in [3.8, 4) is 0 Å². The molecule has 0 unspecified atom stereocenters. The van der Waals surface area contributed by atoms with Crippen LogP contribution in [0.15, 0.2) is 34.5 Å². The van der Waals surface area contributed by atoms with E-state index in [0.717, 1.165) is 36.5 Å². The molecule has 0 atom stereocenters. The Morgan fingerprint density at radius 3 is 2.65 bits per heavy atom. The zero-order valence-corrected chi connectivity index (χ0v) is 16.7. The number of carbonyl (C=O) groups is 1. The van der Waals surface area contributed by atoms with Crippen molar-refractivity contribution in [2.45, 2.75) is 24.2 Å². The predicted molar refractivity (Wildman–Crippen MR) is 107 cm³/mol. The van der Waals surface area contributed by atoms with Crippen LogP contribution < -0.4 is 5.32 Å². The third-order valence-corrected chi connectivity index (χ3v) is 8.71. The Morgan fingerprint density at radius 2 is 1.85 bits per heavy atom. The number of rotatable bonds is 4.